The zero-order chi connectivity index (χ0) is 11.1. The van der Waals surface area contributed by atoms with Crippen LogP contribution in [-0.2, 0) is 5.54 Å². The van der Waals surface area contributed by atoms with Crippen molar-refractivity contribution in [3.8, 4) is 0 Å². The van der Waals surface area contributed by atoms with E-state index in [1.165, 1.54) is 10.3 Å². The van der Waals surface area contributed by atoms with E-state index in [-0.39, 0.29) is 5.54 Å². The van der Waals surface area contributed by atoms with Gasteiger partial charge < -0.3 is 5.73 Å². The summed E-state index contributed by atoms with van der Waals surface area (Å²) in [5.41, 5.74) is 8.23. The van der Waals surface area contributed by atoms with Crippen LogP contribution in [0.5, 0.6) is 0 Å². The highest BCUT2D eigenvalue weighted by Gasteiger charge is 2.23. The molecule has 2 N–H and O–H groups in total. The van der Waals surface area contributed by atoms with Crippen LogP contribution in [0.2, 0.25) is 0 Å². The van der Waals surface area contributed by atoms with Crippen molar-refractivity contribution in [2.45, 2.75) is 32.7 Å². The molecular formula is C12H16N2S. The van der Waals surface area contributed by atoms with Crippen LogP contribution in [0.3, 0.4) is 0 Å². The molecule has 1 unspecified atom stereocenters. The van der Waals surface area contributed by atoms with Crippen LogP contribution in [0.15, 0.2) is 18.2 Å². The van der Waals surface area contributed by atoms with Crippen molar-refractivity contribution < 1.29 is 0 Å². The summed E-state index contributed by atoms with van der Waals surface area (Å²) in [6.07, 6.45) is 0.909. The first-order valence-electron chi connectivity index (χ1n) is 5.20. The van der Waals surface area contributed by atoms with Crippen LogP contribution in [0.1, 0.15) is 30.8 Å². The van der Waals surface area contributed by atoms with Crippen LogP contribution in [-0.4, -0.2) is 4.98 Å². The molecule has 1 aromatic carbocycles. The molecule has 0 spiro atoms. The summed E-state index contributed by atoms with van der Waals surface area (Å²) in [7, 11) is 0. The van der Waals surface area contributed by atoms with Crippen LogP contribution in [0, 0.1) is 6.92 Å². The molecule has 15 heavy (non-hydrogen) atoms. The molecule has 1 aromatic heterocycles. The van der Waals surface area contributed by atoms with Gasteiger partial charge in [-0.15, -0.1) is 11.3 Å². The lowest BCUT2D eigenvalue weighted by molar-refractivity contribution is 0.474. The lowest BCUT2D eigenvalue weighted by Gasteiger charge is -2.18. The van der Waals surface area contributed by atoms with Gasteiger partial charge in [0.05, 0.1) is 15.8 Å². The molecule has 2 rings (SSSR count). The number of aromatic nitrogens is 1. The summed E-state index contributed by atoms with van der Waals surface area (Å²) < 4.78 is 1.23. The van der Waals surface area contributed by atoms with Gasteiger partial charge in [0.15, 0.2) is 0 Å². The normalized spacial score (nSPS) is 15.5. The van der Waals surface area contributed by atoms with Crippen molar-refractivity contribution in [3.63, 3.8) is 0 Å². The zero-order valence-corrected chi connectivity index (χ0v) is 10.2. The maximum Gasteiger partial charge on any atom is 0.113 e. The summed E-state index contributed by atoms with van der Waals surface area (Å²) in [5, 5.41) is 1.04. The average Bonchev–Trinajstić information content (AvgIpc) is 2.64. The Balaban J connectivity index is 2.62. The molecule has 0 bridgehead atoms. The Bertz CT molecular complexity index is 485. The largest absolute Gasteiger partial charge is 0.320 e. The highest BCUT2D eigenvalue weighted by atomic mass is 32.1. The monoisotopic (exact) mass is 220 g/mol. The van der Waals surface area contributed by atoms with E-state index in [9.17, 15) is 0 Å². The molecule has 0 saturated heterocycles. The SMILES string of the molecule is CCC(C)(N)c1nc2c(C)cccc2s1. The lowest BCUT2D eigenvalue weighted by Crippen LogP contribution is -2.31. The molecule has 80 valence electrons. The fraction of sp³-hybridized carbons (Fsp3) is 0.417. The minimum atomic E-state index is -0.296. The van der Waals surface area contributed by atoms with Crippen LogP contribution >= 0.6 is 11.3 Å². The van der Waals surface area contributed by atoms with E-state index in [1.54, 1.807) is 11.3 Å². The maximum atomic E-state index is 6.20. The third-order valence-corrected chi connectivity index (χ3v) is 4.14. The number of nitrogens with two attached hydrogens (primary N) is 1. The molecule has 0 amide bonds. The molecule has 0 aliphatic carbocycles. The van der Waals surface area contributed by atoms with Crippen molar-refractivity contribution in [2.24, 2.45) is 5.73 Å². The Kier molecular flexibility index (Phi) is 2.52. The molecule has 3 heteroatoms. The average molecular weight is 220 g/mol. The highest BCUT2D eigenvalue weighted by molar-refractivity contribution is 7.18. The van der Waals surface area contributed by atoms with Gasteiger partial charge in [-0.05, 0) is 31.9 Å². The van der Waals surface area contributed by atoms with E-state index < -0.39 is 0 Å². The quantitative estimate of drug-likeness (QED) is 0.844. The molecule has 0 aliphatic heterocycles. The summed E-state index contributed by atoms with van der Waals surface area (Å²) in [6, 6.07) is 6.26. The van der Waals surface area contributed by atoms with Gasteiger partial charge in [0, 0.05) is 0 Å². The molecule has 1 heterocycles. The van der Waals surface area contributed by atoms with Crippen molar-refractivity contribution in [3.05, 3.63) is 28.8 Å². The highest BCUT2D eigenvalue weighted by Crippen LogP contribution is 2.31. The molecule has 1 atom stereocenters. The second-order valence-corrected chi connectivity index (χ2v) is 5.24. The van der Waals surface area contributed by atoms with Gasteiger partial charge in [-0.1, -0.05) is 19.1 Å². The number of hydrogen-bond acceptors (Lipinski definition) is 3. The Morgan fingerprint density at radius 1 is 1.47 bits per heavy atom. The number of hydrogen-bond donors (Lipinski definition) is 1. The van der Waals surface area contributed by atoms with Gasteiger partial charge in [-0.2, -0.15) is 0 Å². The van der Waals surface area contributed by atoms with E-state index in [0.717, 1.165) is 16.9 Å². The molecule has 2 nitrogen and oxygen atoms in total. The van der Waals surface area contributed by atoms with Crippen LogP contribution in [0.4, 0.5) is 0 Å². The maximum absolute atomic E-state index is 6.20. The van der Waals surface area contributed by atoms with Gasteiger partial charge in [-0.3, -0.25) is 0 Å². The van der Waals surface area contributed by atoms with Crippen molar-refractivity contribution in [2.75, 3.05) is 0 Å². The van der Waals surface area contributed by atoms with Crippen LogP contribution in [0.25, 0.3) is 10.2 Å². The summed E-state index contributed by atoms with van der Waals surface area (Å²) in [4.78, 5) is 4.65. The summed E-state index contributed by atoms with van der Waals surface area (Å²) >= 11 is 1.71. The Morgan fingerprint density at radius 2 is 2.20 bits per heavy atom. The number of benzene rings is 1. The topological polar surface area (TPSA) is 38.9 Å². The number of nitrogens with zero attached hydrogens (tertiary/aromatic N) is 1. The van der Waals surface area contributed by atoms with Gasteiger partial charge in [-0.25, -0.2) is 4.98 Å². The second kappa shape index (κ2) is 3.58. The number of rotatable bonds is 2. The fourth-order valence-corrected chi connectivity index (χ4v) is 2.65. The third-order valence-electron chi connectivity index (χ3n) is 2.84. The van der Waals surface area contributed by atoms with E-state index in [2.05, 4.69) is 37.0 Å². The molecular weight excluding hydrogens is 204 g/mol. The zero-order valence-electron chi connectivity index (χ0n) is 9.37. The second-order valence-electron chi connectivity index (χ2n) is 4.21. The third kappa shape index (κ3) is 1.77. The van der Waals surface area contributed by atoms with Gasteiger partial charge in [0.1, 0.15) is 5.01 Å². The van der Waals surface area contributed by atoms with Crippen molar-refractivity contribution in [1.82, 2.24) is 4.98 Å². The van der Waals surface area contributed by atoms with Gasteiger partial charge in [0.25, 0.3) is 0 Å². The Hall–Kier alpha value is -0.930. The smallest absolute Gasteiger partial charge is 0.113 e. The molecule has 0 saturated carbocycles. The summed E-state index contributed by atoms with van der Waals surface area (Å²) in [5.74, 6) is 0. The minimum absolute atomic E-state index is 0.296. The fourth-order valence-electron chi connectivity index (χ4n) is 1.48. The Labute approximate surface area is 94.1 Å². The van der Waals surface area contributed by atoms with E-state index in [1.807, 2.05) is 6.92 Å². The van der Waals surface area contributed by atoms with E-state index >= 15 is 0 Å². The number of thiazole rings is 1. The predicted octanol–water partition coefficient (Wildman–Crippen LogP) is 3.19. The number of fused-ring (bicyclic) bond motifs is 1. The van der Waals surface area contributed by atoms with Crippen LogP contribution < -0.4 is 5.73 Å². The van der Waals surface area contributed by atoms with Gasteiger partial charge >= 0.3 is 0 Å². The predicted molar refractivity (Wildman–Crippen MR) is 66.2 cm³/mol. The van der Waals surface area contributed by atoms with E-state index in [0.29, 0.717) is 0 Å². The van der Waals surface area contributed by atoms with Gasteiger partial charge in [0.2, 0.25) is 0 Å². The lowest BCUT2D eigenvalue weighted by atomic mass is 10.0. The first-order chi connectivity index (χ1) is 7.04. The van der Waals surface area contributed by atoms with Crippen molar-refractivity contribution in [1.29, 1.82) is 0 Å². The Morgan fingerprint density at radius 3 is 2.80 bits per heavy atom. The molecule has 2 aromatic rings. The first kappa shape index (κ1) is 10.6. The molecule has 0 radical (unpaired) electrons. The molecule has 0 fully saturated rings. The first-order valence-corrected chi connectivity index (χ1v) is 6.02. The number of para-hydroxylation sites is 1. The molecule has 0 aliphatic rings. The standard InChI is InChI=1S/C12H16N2S/c1-4-12(3,13)11-14-10-8(2)6-5-7-9(10)15-11/h5-7H,4,13H2,1-3H3. The summed E-state index contributed by atoms with van der Waals surface area (Å²) in [6.45, 7) is 6.23. The number of aryl methyl sites for hydroxylation is 1. The van der Waals surface area contributed by atoms with Crippen molar-refractivity contribution >= 4 is 21.6 Å². The minimum Gasteiger partial charge on any atom is -0.320 e. The van der Waals surface area contributed by atoms with E-state index in [4.69, 9.17) is 5.73 Å².